The maximum Gasteiger partial charge on any atom is 0.253 e. The monoisotopic (exact) mass is 180 g/mol. The van der Waals surface area contributed by atoms with Crippen LogP contribution in [0.1, 0.15) is 17.3 Å². The molecule has 1 unspecified atom stereocenters. The first-order valence-electron chi connectivity index (χ1n) is 4.01. The van der Waals surface area contributed by atoms with Gasteiger partial charge in [0.15, 0.2) is 0 Å². The highest BCUT2D eigenvalue weighted by Gasteiger charge is 2.07. The molecule has 1 atom stereocenters. The summed E-state index contributed by atoms with van der Waals surface area (Å²) in [4.78, 5) is 11.4. The summed E-state index contributed by atoms with van der Waals surface area (Å²) in [5, 5.41) is 9.88. The average molecular weight is 180 g/mol. The minimum Gasteiger partial charge on any atom is -0.348 e. The van der Waals surface area contributed by atoms with E-state index in [1.807, 2.05) is 6.92 Å². The summed E-state index contributed by atoms with van der Waals surface area (Å²) in [6.07, 6.45) is 2.89. The number of nitrogens with zero attached hydrogens (tertiary/aromatic N) is 2. The van der Waals surface area contributed by atoms with E-state index < -0.39 is 0 Å². The van der Waals surface area contributed by atoms with E-state index in [0.717, 1.165) is 0 Å². The molecule has 0 fully saturated rings. The van der Waals surface area contributed by atoms with Crippen LogP contribution in [0.4, 0.5) is 0 Å². The van der Waals surface area contributed by atoms with Gasteiger partial charge in [0.25, 0.3) is 5.91 Å². The van der Waals surface area contributed by atoms with Gasteiger partial charge in [-0.2, -0.15) is 10.2 Å². The molecule has 0 aliphatic carbocycles. The number of nitrogens with one attached hydrogen (secondary N) is 1. The molecule has 0 aliphatic heterocycles. The van der Waals surface area contributed by atoms with Crippen molar-refractivity contribution in [3.8, 4) is 0 Å². The number of hydrogen-bond donors (Lipinski definition) is 2. The van der Waals surface area contributed by atoms with Crippen molar-refractivity contribution in [3.63, 3.8) is 0 Å². The molecule has 0 saturated carbocycles. The van der Waals surface area contributed by atoms with E-state index in [2.05, 4.69) is 15.5 Å². The molecular formula is C8H12N4O. The van der Waals surface area contributed by atoms with Gasteiger partial charge in [-0.3, -0.25) is 4.79 Å². The molecule has 5 nitrogen and oxygen atoms in total. The number of hydrogen-bond acceptors (Lipinski definition) is 4. The smallest absolute Gasteiger partial charge is 0.253 e. The lowest BCUT2D eigenvalue weighted by Crippen LogP contribution is -2.37. The van der Waals surface area contributed by atoms with Crippen molar-refractivity contribution in [2.45, 2.75) is 13.0 Å². The van der Waals surface area contributed by atoms with Crippen molar-refractivity contribution in [3.05, 3.63) is 24.0 Å². The highest BCUT2D eigenvalue weighted by atomic mass is 16.1. The van der Waals surface area contributed by atoms with Gasteiger partial charge < -0.3 is 11.1 Å². The van der Waals surface area contributed by atoms with E-state index >= 15 is 0 Å². The van der Waals surface area contributed by atoms with Crippen LogP contribution in [0.5, 0.6) is 0 Å². The van der Waals surface area contributed by atoms with Crippen LogP contribution in [0.15, 0.2) is 18.5 Å². The summed E-state index contributed by atoms with van der Waals surface area (Å²) < 4.78 is 0. The highest BCUT2D eigenvalue weighted by molar-refractivity contribution is 5.93. The standard InChI is InChI=1S/C8H12N4O/c1-6(4-9)12-8(13)7-2-3-10-11-5-7/h2-3,5-6H,4,9H2,1H3,(H,12,13). The third-order valence-corrected chi connectivity index (χ3v) is 1.58. The lowest BCUT2D eigenvalue weighted by molar-refractivity contribution is 0.0940. The Morgan fingerprint density at radius 2 is 2.46 bits per heavy atom. The number of aromatic nitrogens is 2. The molecule has 0 aromatic carbocycles. The first-order chi connectivity index (χ1) is 6.24. The number of rotatable bonds is 3. The molecule has 0 saturated heterocycles. The first-order valence-corrected chi connectivity index (χ1v) is 4.01. The molecule has 0 bridgehead atoms. The molecule has 70 valence electrons. The molecular weight excluding hydrogens is 168 g/mol. The van der Waals surface area contributed by atoms with E-state index in [0.29, 0.717) is 12.1 Å². The Kier molecular flexibility index (Phi) is 3.33. The molecule has 1 rings (SSSR count). The Morgan fingerprint density at radius 3 is 3.00 bits per heavy atom. The molecule has 13 heavy (non-hydrogen) atoms. The van der Waals surface area contributed by atoms with Crippen molar-refractivity contribution in [1.29, 1.82) is 0 Å². The summed E-state index contributed by atoms with van der Waals surface area (Å²) in [6, 6.07) is 1.58. The Balaban J connectivity index is 2.59. The summed E-state index contributed by atoms with van der Waals surface area (Å²) in [5.74, 6) is -0.173. The highest BCUT2D eigenvalue weighted by Crippen LogP contribution is 1.93. The summed E-state index contributed by atoms with van der Waals surface area (Å²) in [6.45, 7) is 2.26. The van der Waals surface area contributed by atoms with Gasteiger partial charge in [-0.25, -0.2) is 0 Å². The van der Waals surface area contributed by atoms with Crippen molar-refractivity contribution in [2.24, 2.45) is 5.73 Å². The molecule has 0 radical (unpaired) electrons. The molecule has 5 heteroatoms. The minimum atomic E-state index is -0.173. The van der Waals surface area contributed by atoms with E-state index in [1.165, 1.54) is 12.4 Å². The van der Waals surface area contributed by atoms with Crippen molar-refractivity contribution < 1.29 is 4.79 Å². The summed E-state index contributed by atoms with van der Waals surface area (Å²) >= 11 is 0. The SMILES string of the molecule is CC(CN)NC(=O)c1ccnnc1. The van der Waals surface area contributed by atoms with E-state index in [1.54, 1.807) is 6.07 Å². The Hall–Kier alpha value is -1.49. The van der Waals surface area contributed by atoms with E-state index in [9.17, 15) is 4.79 Å². The number of amides is 1. The zero-order valence-corrected chi connectivity index (χ0v) is 7.40. The molecule has 1 aromatic rings. The van der Waals surface area contributed by atoms with Gasteiger partial charge in [-0.1, -0.05) is 0 Å². The Labute approximate surface area is 76.4 Å². The summed E-state index contributed by atoms with van der Waals surface area (Å²) in [7, 11) is 0. The van der Waals surface area contributed by atoms with Gasteiger partial charge in [0.05, 0.1) is 18.0 Å². The van der Waals surface area contributed by atoms with Crippen LogP contribution in [0.25, 0.3) is 0 Å². The summed E-state index contributed by atoms with van der Waals surface area (Å²) in [5.41, 5.74) is 5.85. The molecule has 0 aliphatic rings. The van der Waals surface area contributed by atoms with Gasteiger partial charge in [-0.15, -0.1) is 0 Å². The van der Waals surface area contributed by atoms with Crippen LogP contribution < -0.4 is 11.1 Å². The predicted molar refractivity (Wildman–Crippen MR) is 48.0 cm³/mol. The fourth-order valence-electron chi connectivity index (χ4n) is 0.791. The normalized spacial score (nSPS) is 12.2. The lowest BCUT2D eigenvalue weighted by Gasteiger charge is -2.10. The quantitative estimate of drug-likeness (QED) is 0.660. The topological polar surface area (TPSA) is 80.9 Å². The fourth-order valence-corrected chi connectivity index (χ4v) is 0.791. The third-order valence-electron chi connectivity index (χ3n) is 1.58. The van der Waals surface area contributed by atoms with Gasteiger partial charge in [0, 0.05) is 12.6 Å². The van der Waals surface area contributed by atoms with Crippen LogP contribution >= 0.6 is 0 Å². The molecule has 0 spiro atoms. The van der Waals surface area contributed by atoms with Crippen molar-refractivity contribution >= 4 is 5.91 Å². The van der Waals surface area contributed by atoms with Crippen molar-refractivity contribution in [2.75, 3.05) is 6.54 Å². The lowest BCUT2D eigenvalue weighted by atomic mass is 10.2. The molecule has 1 aromatic heterocycles. The second-order valence-corrected chi connectivity index (χ2v) is 2.74. The average Bonchev–Trinajstić information content (AvgIpc) is 2.19. The predicted octanol–water partition coefficient (Wildman–Crippen LogP) is -0.446. The van der Waals surface area contributed by atoms with E-state index in [-0.39, 0.29) is 11.9 Å². The zero-order chi connectivity index (χ0) is 9.68. The first kappa shape index (κ1) is 9.60. The Morgan fingerprint density at radius 1 is 1.69 bits per heavy atom. The van der Waals surface area contributed by atoms with Gasteiger partial charge in [0.2, 0.25) is 0 Å². The maximum absolute atomic E-state index is 11.4. The zero-order valence-electron chi connectivity index (χ0n) is 7.40. The maximum atomic E-state index is 11.4. The second kappa shape index (κ2) is 4.51. The van der Waals surface area contributed by atoms with Crippen LogP contribution in [0.3, 0.4) is 0 Å². The largest absolute Gasteiger partial charge is 0.348 e. The Bertz CT molecular complexity index is 275. The van der Waals surface area contributed by atoms with Crippen LogP contribution in [0.2, 0.25) is 0 Å². The second-order valence-electron chi connectivity index (χ2n) is 2.74. The number of carbonyl (C=O) groups excluding carboxylic acids is 1. The van der Waals surface area contributed by atoms with Gasteiger partial charge in [-0.05, 0) is 13.0 Å². The molecule has 1 heterocycles. The number of nitrogens with two attached hydrogens (primary N) is 1. The molecule has 3 N–H and O–H groups in total. The van der Waals surface area contributed by atoms with Crippen LogP contribution in [-0.2, 0) is 0 Å². The van der Waals surface area contributed by atoms with Gasteiger partial charge in [0.1, 0.15) is 0 Å². The van der Waals surface area contributed by atoms with E-state index in [4.69, 9.17) is 5.73 Å². The van der Waals surface area contributed by atoms with Gasteiger partial charge >= 0.3 is 0 Å². The van der Waals surface area contributed by atoms with Crippen LogP contribution in [0, 0.1) is 0 Å². The van der Waals surface area contributed by atoms with Crippen LogP contribution in [-0.4, -0.2) is 28.7 Å². The minimum absolute atomic E-state index is 0.0272. The number of carbonyl (C=O) groups is 1. The van der Waals surface area contributed by atoms with Crippen molar-refractivity contribution in [1.82, 2.24) is 15.5 Å². The fraction of sp³-hybridized carbons (Fsp3) is 0.375. The molecule has 1 amide bonds. The third kappa shape index (κ3) is 2.79.